The van der Waals surface area contributed by atoms with Crippen LogP contribution >= 0.6 is 15.9 Å². The number of halogens is 1. The van der Waals surface area contributed by atoms with Crippen molar-refractivity contribution in [3.63, 3.8) is 0 Å². The smallest absolute Gasteiger partial charge is 0.145 e. The Morgan fingerprint density at radius 1 is 1.27 bits per heavy atom. The van der Waals surface area contributed by atoms with Gasteiger partial charge in [0.2, 0.25) is 0 Å². The normalized spacial score (nSPS) is 17.3. The molecule has 1 aliphatic rings. The fraction of sp³-hybridized carbons (Fsp3) is 0.294. The molecule has 1 fully saturated rings. The van der Waals surface area contributed by atoms with Crippen molar-refractivity contribution in [1.29, 1.82) is 5.26 Å². The molecule has 1 unspecified atom stereocenters. The second-order valence-electron chi connectivity index (χ2n) is 5.53. The Bertz CT molecular complexity index is 706. The second-order valence-corrected chi connectivity index (χ2v) is 6.44. The van der Waals surface area contributed by atoms with Crippen LogP contribution in [-0.2, 0) is 0 Å². The van der Waals surface area contributed by atoms with E-state index in [2.05, 4.69) is 61.5 Å². The molecule has 1 N–H and O–H groups in total. The summed E-state index contributed by atoms with van der Waals surface area (Å²) in [5.41, 5.74) is 2.64. The van der Waals surface area contributed by atoms with Crippen LogP contribution in [0.15, 0.2) is 40.9 Å². The number of aryl methyl sites for hydroxylation is 1. The Morgan fingerprint density at radius 3 is 2.77 bits per heavy atom. The molecule has 0 bridgehead atoms. The predicted octanol–water partition coefficient (Wildman–Crippen LogP) is 3.72. The molecule has 2 aromatic rings. The number of hydrogen-bond donors (Lipinski definition) is 1. The number of pyridine rings is 1. The first-order valence-electron chi connectivity index (χ1n) is 7.30. The Labute approximate surface area is 138 Å². The molecule has 4 nitrogen and oxygen atoms in total. The molecule has 1 atom stereocenters. The van der Waals surface area contributed by atoms with Gasteiger partial charge in [-0.05, 0) is 49.2 Å². The first-order chi connectivity index (χ1) is 10.7. The highest BCUT2D eigenvalue weighted by Crippen LogP contribution is 2.24. The van der Waals surface area contributed by atoms with Crippen molar-refractivity contribution >= 4 is 27.4 Å². The largest absolute Gasteiger partial charge is 0.369 e. The monoisotopic (exact) mass is 356 g/mol. The number of rotatable bonds is 3. The topological polar surface area (TPSA) is 52.0 Å². The van der Waals surface area contributed by atoms with E-state index in [-0.39, 0.29) is 0 Å². The molecule has 1 aromatic carbocycles. The molecule has 2 heterocycles. The summed E-state index contributed by atoms with van der Waals surface area (Å²) in [6.07, 6.45) is 1.06. The zero-order valence-corrected chi connectivity index (χ0v) is 14.0. The van der Waals surface area contributed by atoms with Crippen molar-refractivity contribution in [1.82, 2.24) is 4.98 Å². The van der Waals surface area contributed by atoms with Gasteiger partial charge in [-0.1, -0.05) is 22.0 Å². The number of nitrogens with zero attached hydrogens (tertiary/aromatic N) is 3. The number of nitriles is 1. The minimum atomic E-state index is 0.352. The van der Waals surface area contributed by atoms with Gasteiger partial charge in [-0.15, -0.1) is 0 Å². The van der Waals surface area contributed by atoms with Crippen molar-refractivity contribution in [3.8, 4) is 6.07 Å². The van der Waals surface area contributed by atoms with Gasteiger partial charge in [0.15, 0.2) is 0 Å². The van der Waals surface area contributed by atoms with Crippen LogP contribution in [0, 0.1) is 18.3 Å². The van der Waals surface area contributed by atoms with Gasteiger partial charge >= 0.3 is 0 Å². The van der Waals surface area contributed by atoms with Crippen LogP contribution in [0.4, 0.5) is 11.5 Å². The van der Waals surface area contributed by atoms with Crippen LogP contribution in [0.1, 0.15) is 17.7 Å². The van der Waals surface area contributed by atoms with Gasteiger partial charge < -0.3 is 10.2 Å². The summed E-state index contributed by atoms with van der Waals surface area (Å²) in [4.78, 5) is 6.73. The standard InChI is InChI=1S/C17H17BrN4/c1-12-2-7-17(21-16(12)10-19)20-14-8-9-22(11-14)15-5-3-13(18)4-6-15/h2-7,14H,8-9,11H2,1H3,(H,20,21). The van der Waals surface area contributed by atoms with Crippen LogP contribution < -0.4 is 10.2 Å². The summed E-state index contributed by atoms with van der Waals surface area (Å²) in [6.45, 7) is 3.87. The van der Waals surface area contributed by atoms with Crippen LogP contribution in [-0.4, -0.2) is 24.1 Å². The molecule has 0 amide bonds. The number of anilines is 2. The molecular weight excluding hydrogens is 340 g/mol. The molecule has 112 valence electrons. The van der Waals surface area contributed by atoms with Gasteiger partial charge in [0, 0.05) is 29.3 Å². The van der Waals surface area contributed by atoms with Crippen molar-refractivity contribution < 1.29 is 0 Å². The molecule has 0 radical (unpaired) electrons. The van der Waals surface area contributed by atoms with Crippen molar-refractivity contribution in [2.24, 2.45) is 0 Å². The fourth-order valence-corrected chi connectivity index (χ4v) is 2.96. The number of benzene rings is 1. The van der Waals surface area contributed by atoms with Crippen molar-refractivity contribution in [3.05, 3.63) is 52.1 Å². The molecule has 1 aliphatic heterocycles. The lowest BCUT2D eigenvalue weighted by atomic mass is 10.2. The molecular formula is C17H17BrN4. The summed E-state index contributed by atoms with van der Waals surface area (Å²) in [5, 5.41) is 12.5. The zero-order valence-electron chi connectivity index (χ0n) is 12.4. The van der Waals surface area contributed by atoms with Gasteiger partial charge in [0.1, 0.15) is 17.6 Å². The highest BCUT2D eigenvalue weighted by Gasteiger charge is 2.23. The van der Waals surface area contributed by atoms with E-state index in [0.29, 0.717) is 11.7 Å². The van der Waals surface area contributed by atoms with Crippen LogP contribution in [0.3, 0.4) is 0 Å². The van der Waals surface area contributed by atoms with Gasteiger partial charge in [0.25, 0.3) is 0 Å². The zero-order chi connectivity index (χ0) is 15.5. The molecule has 0 saturated carbocycles. The summed E-state index contributed by atoms with van der Waals surface area (Å²) >= 11 is 3.46. The number of hydrogen-bond acceptors (Lipinski definition) is 4. The number of nitrogens with one attached hydrogen (secondary N) is 1. The fourth-order valence-electron chi connectivity index (χ4n) is 2.70. The van der Waals surface area contributed by atoms with Gasteiger partial charge in [-0.2, -0.15) is 5.26 Å². The van der Waals surface area contributed by atoms with Crippen molar-refractivity contribution in [2.45, 2.75) is 19.4 Å². The van der Waals surface area contributed by atoms with E-state index in [0.717, 1.165) is 35.4 Å². The number of aromatic nitrogens is 1. The summed E-state index contributed by atoms with van der Waals surface area (Å²) in [5.74, 6) is 0.782. The van der Waals surface area contributed by atoms with E-state index in [1.54, 1.807) is 0 Å². The average Bonchev–Trinajstić information content (AvgIpc) is 2.98. The van der Waals surface area contributed by atoms with Gasteiger partial charge in [-0.3, -0.25) is 0 Å². The lowest BCUT2D eigenvalue weighted by Gasteiger charge is -2.19. The summed E-state index contributed by atoms with van der Waals surface area (Å²) in [7, 11) is 0. The van der Waals surface area contributed by atoms with Crippen molar-refractivity contribution in [2.75, 3.05) is 23.3 Å². The molecule has 22 heavy (non-hydrogen) atoms. The SMILES string of the molecule is Cc1ccc(NC2CCN(c3ccc(Br)cc3)C2)nc1C#N. The highest BCUT2D eigenvalue weighted by molar-refractivity contribution is 9.10. The first-order valence-corrected chi connectivity index (χ1v) is 8.10. The van der Waals surface area contributed by atoms with Crippen LogP contribution in [0.5, 0.6) is 0 Å². The Morgan fingerprint density at radius 2 is 2.05 bits per heavy atom. The maximum atomic E-state index is 9.06. The maximum absolute atomic E-state index is 9.06. The third-order valence-corrected chi connectivity index (χ3v) is 4.46. The molecule has 0 spiro atoms. The Kier molecular flexibility index (Phi) is 4.30. The minimum Gasteiger partial charge on any atom is -0.369 e. The molecule has 1 aromatic heterocycles. The Balaban J connectivity index is 1.66. The molecule has 5 heteroatoms. The first kappa shape index (κ1) is 14.9. The van der Waals surface area contributed by atoms with E-state index in [1.165, 1.54) is 5.69 Å². The molecule has 0 aliphatic carbocycles. The van der Waals surface area contributed by atoms with E-state index in [4.69, 9.17) is 5.26 Å². The average molecular weight is 357 g/mol. The third kappa shape index (κ3) is 3.23. The predicted molar refractivity (Wildman–Crippen MR) is 92.1 cm³/mol. The second kappa shape index (κ2) is 6.37. The van der Waals surface area contributed by atoms with E-state index in [1.807, 2.05) is 19.1 Å². The quantitative estimate of drug-likeness (QED) is 0.910. The minimum absolute atomic E-state index is 0.352. The summed E-state index contributed by atoms with van der Waals surface area (Å²) in [6, 6.07) is 14.8. The van der Waals surface area contributed by atoms with Crippen LogP contribution in [0.25, 0.3) is 0 Å². The maximum Gasteiger partial charge on any atom is 0.145 e. The lowest BCUT2D eigenvalue weighted by molar-refractivity contribution is 0.800. The summed E-state index contributed by atoms with van der Waals surface area (Å²) < 4.78 is 1.10. The molecule has 3 rings (SSSR count). The van der Waals surface area contributed by atoms with Crippen LogP contribution in [0.2, 0.25) is 0 Å². The van der Waals surface area contributed by atoms with Gasteiger partial charge in [0.05, 0.1) is 0 Å². The van der Waals surface area contributed by atoms with E-state index in [9.17, 15) is 0 Å². The Hall–Kier alpha value is -2.06. The molecule has 1 saturated heterocycles. The van der Waals surface area contributed by atoms with E-state index < -0.39 is 0 Å². The van der Waals surface area contributed by atoms with E-state index >= 15 is 0 Å². The third-order valence-electron chi connectivity index (χ3n) is 3.93. The lowest BCUT2D eigenvalue weighted by Crippen LogP contribution is -2.26. The van der Waals surface area contributed by atoms with Gasteiger partial charge in [-0.25, -0.2) is 4.98 Å². The highest BCUT2D eigenvalue weighted by atomic mass is 79.9.